The molecule has 2 N–H and O–H groups in total. The molecule has 0 radical (unpaired) electrons. The van der Waals surface area contributed by atoms with Crippen LogP contribution in [-0.4, -0.2) is 30.8 Å². The van der Waals surface area contributed by atoms with E-state index in [1.807, 2.05) is 30.3 Å². The number of fused-ring (bicyclic) bond motifs is 1. The minimum absolute atomic E-state index is 0.0510. The van der Waals surface area contributed by atoms with Crippen LogP contribution in [0.5, 0.6) is 0 Å². The van der Waals surface area contributed by atoms with Crippen molar-refractivity contribution in [3.8, 4) is 0 Å². The van der Waals surface area contributed by atoms with Crippen LogP contribution in [0.3, 0.4) is 0 Å². The largest absolute Gasteiger partial charge is 0.347 e. The molecular weight excluding hydrogens is 300 g/mol. The van der Waals surface area contributed by atoms with Crippen LogP contribution >= 0.6 is 0 Å². The second-order valence-corrected chi connectivity index (χ2v) is 7.34. The molecule has 4 nitrogen and oxygen atoms in total. The summed E-state index contributed by atoms with van der Waals surface area (Å²) in [5.74, 6) is -0.103. The average Bonchev–Trinajstić information content (AvgIpc) is 3.20. The van der Waals surface area contributed by atoms with Crippen LogP contribution in [0.2, 0.25) is 0 Å². The summed E-state index contributed by atoms with van der Waals surface area (Å²) in [6.45, 7) is 3.04. The highest BCUT2D eigenvalue weighted by Gasteiger charge is 2.49. The minimum atomic E-state index is -0.139. The summed E-state index contributed by atoms with van der Waals surface area (Å²) >= 11 is 0. The Kier molecular flexibility index (Phi) is 3.65. The van der Waals surface area contributed by atoms with Gasteiger partial charge in [0.05, 0.1) is 12.6 Å². The molecule has 1 saturated carbocycles. The third-order valence-corrected chi connectivity index (χ3v) is 5.38. The molecule has 1 saturated heterocycles. The van der Waals surface area contributed by atoms with Crippen LogP contribution in [0.25, 0.3) is 10.8 Å². The van der Waals surface area contributed by atoms with Crippen molar-refractivity contribution >= 4 is 22.5 Å². The van der Waals surface area contributed by atoms with Crippen LogP contribution in [0.4, 0.5) is 0 Å². The molecule has 124 valence electrons. The van der Waals surface area contributed by atoms with Crippen molar-refractivity contribution in [2.45, 2.75) is 32.2 Å². The van der Waals surface area contributed by atoms with Crippen molar-refractivity contribution < 1.29 is 9.59 Å². The van der Waals surface area contributed by atoms with Crippen LogP contribution in [0.1, 0.15) is 35.2 Å². The van der Waals surface area contributed by atoms with Crippen LogP contribution in [-0.2, 0) is 4.79 Å². The Bertz CT molecular complexity index is 823. The van der Waals surface area contributed by atoms with Crippen molar-refractivity contribution in [3.05, 3.63) is 47.5 Å². The Hall–Kier alpha value is -2.20. The smallest absolute Gasteiger partial charge is 0.237 e. The first-order chi connectivity index (χ1) is 11.5. The van der Waals surface area contributed by atoms with Crippen molar-refractivity contribution in [3.63, 3.8) is 0 Å². The lowest BCUT2D eigenvalue weighted by Gasteiger charge is -2.11. The van der Waals surface area contributed by atoms with Gasteiger partial charge in [0.2, 0.25) is 5.91 Å². The molecule has 1 aliphatic heterocycles. The van der Waals surface area contributed by atoms with Crippen LogP contribution in [0.15, 0.2) is 36.4 Å². The molecule has 2 fully saturated rings. The molecule has 2 aliphatic rings. The van der Waals surface area contributed by atoms with Gasteiger partial charge in [0.1, 0.15) is 0 Å². The number of benzene rings is 2. The fourth-order valence-electron chi connectivity index (χ4n) is 3.59. The van der Waals surface area contributed by atoms with Gasteiger partial charge in [-0.3, -0.25) is 9.59 Å². The first-order valence-corrected chi connectivity index (χ1v) is 8.59. The number of amides is 1. The average molecular weight is 322 g/mol. The lowest BCUT2D eigenvalue weighted by Crippen LogP contribution is -2.42. The van der Waals surface area contributed by atoms with Gasteiger partial charge in [-0.2, -0.15) is 0 Å². The topological polar surface area (TPSA) is 58.2 Å². The molecule has 24 heavy (non-hydrogen) atoms. The van der Waals surface area contributed by atoms with Crippen molar-refractivity contribution in [2.75, 3.05) is 13.1 Å². The fourth-order valence-corrected chi connectivity index (χ4v) is 3.59. The number of Topliss-reactive ketones (excluding diaryl/α,β-unsaturated/α-hetero) is 1. The Morgan fingerprint density at radius 2 is 1.92 bits per heavy atom. The quantitative estimate of drug-likeness (QED) is 0.851. The molecule has 1 atom stereocenters. The lowest BCUT2D eigenvalue weighted by atomic mass is 10.0. The van der Waals surface area contributed by atoms with E-state index in [1.165, 1.54) is 18.4 Å². The number of nitrogens with one attached hydrogen (secondary N) is 2. The highest BCUT2D eigenvalue weighted by molar-refractivity contribution is 6.02. The second-order valence-electron chi connectivity index (χ2n) is 7.34. The van der Waals surface area contributed by atoms with E-state index in [2.05, 4.69) is 23.6 Å². The predicted molar refractivity (Wildman–Crippen MR) is 94.1 cm³/mol. The van der Waals surface area contributed by atoms with Gasteiger partial charge >= 0.3 is 0 Å². The van der Waals surface area contributed by atoms with E-state index in [1.54, 1.807) is 0 Å². The van der Waals surface area contributed by atoms with Gasteiger partial charge in [-0.25, -0.2) is 0 Å². The van der Waals surface area contributed by atoms with E-state index in [0.29, 0.717) is 11.0 Å². The summed E-state index contributed by atoms with van der Waals surface area (Å²) in [4.78, 5) is 24.6. The normalized spacial score (nSPS) is 21.1. The number of carbonyl (C=O) groups is 2. The molecule has 2 aromatic rings. The molecular formula is C20H22N2O2. The van der Waals surface area contributed by atoms with Gasteiger partial charge in [-0.1, -0.05) is 35.9 Å². The Labute approximate surface area is 141 Å². The van der Waals surface area contributed by atoms with Gasteiger partial charge in [0.25, 0.3) is 0 Å². The third-order valence-electron chi connectivity index (χ3n) is 5.38. The second kappa shape index (κ2) is 5.71. The van der Waals surface area contributed by atoms with E-state index in [0.717, 1.165) is 23.7 Å². The Morgan fingerprint density at radius 3 is 2.67 bits per heavy atom. The van der Waals surface area contributed by atoms with Gasteiger partial charge < -0.3 is 10.6 Å². The van der Waals surface area contributed by atoms with E-state index in [9.17, 15) is 9.59 Å². The summed E-state index contributed by atoms with van der Waals surface area (Å²) in [6, 6.07) is 11.7. The van der Waals surface area contributed by atoms with Gasteiger partial charge in [0, 0.05) is 12.1 Å². The van der Waals surface area contributed by atoms with E-state index < -0.39 is 0 Å². The molecule has 1 heterocycles. The van der Waals surface area contributed by atoms with Crippen molar-refractivity contribution in [1.29, 1.82) is 0 Å². The molecule has 1 spiro atoms. The maximum Gasteiger partial charge on any atom is 0.237 e. The maximum absolute atomic E-state index is 12.4. The maximum atomic E-state index is 12.4. The summed E-state index contributed by atoms with van der Waals surface area (Å²) < 4.78 is 0. The zero-order valence-corrected chi connectivity index (χ0v) is 13.9. The Morgan fingerprint density at radius 1 is 1.17 bits per heavy atom. The molecule has 0 bridgehead atoms. The molecule has 2 aromatic carbocycles. The number of aryl methyl sites for hydroxylation is 1. The first-order valence-electron chi connectivity index (χ1n) is 8.59. The van der Waals surface area contributed by atoms with Gasteiger partial charge in [-0.15, -0.1) is 0 Å². The molecule has 0 aromatic heterocycles. The predicted octanol–water partition coefficient (Wildman–Crippen LogP) is 2.59. The van der Waals surface area contributed by atoms with Crippen molar-refractivity contribution in [1.82, 2.24) is 10.6 Å². The van der Waals surface area contributed by atoms with E-state index in [-0.39, 0.29) is 24.3 Å². The molecule has 4 rings (SSSR count). The zero-order valence-electron chi connectivity index (χ0n) is 13.9. The van der Waals surface area contributed by atoms with E-state index >= 15 is 0 Å². The van der Waals surface area contributed by atoms with Gasteiger partial charge in [0.15, 0.2) is 5.78 Å². The monoisotopic (exact) mass is 322 g/mol. The molecule has 4 heteroatoms. The molecule has 1 aliphatic carbocycles. The van der Waals surface area contributed by atoms with Crippen LogP contribution < -0.4 is 10.6 Å². The number of hydrogen-bond donors (Lipinski definition) is 2. The number of hydrogen-bond acceptors (Lipinski definition) is 3. The highest BCUT2D eigenvalue weighted by atomic mass is 16.2. The lowest BCUT2D eigenvalue weighted by molar-refractivity contribution is -0.122. The summed E-state index contributed by atoms with van der Waals surface area (Å²) in [6.07, 6.45) is 3.35. The highest BCUT2D eigenvalue weighted by Crippen LogP contribution is 2.51. The third kappa shape index (κ3) is 2.94. The number of rotatable bonds is 4. The summed E-state index contributed by atoms with van der Waals surface area (Å²) in [5.41, 5.74) is 2.22. The summed E-state index contributed by atoms with van der Waals surface area (Å²) in [7, 11) is 0. The van der Waals surface area contributed by atoms with E-state index in [4.69, 9.17) is 0 Å². The van der Waals surface area contributed by atoms with Crippen LogP contribution in [0, 0.1) is 12.3 Å². The van der Waals surface area contributed by atoms with Crippen molar-refractivity contribution in [2.24, 2.45) is 5.41 Å². The SMILES string of the molecule is Cc1ccc2cc(C(=O)CNC(=O)C3CC4(CC4)CN3)ccc2c1. The number of ketones is 1. The fraction of sp³-hybridized carbons (Fsp3) is 0.400. The zero-order chi connectivity index (χ0) is 16.7. The minimum Gasteiger partial charge on any atom is -0.347 e. The standard InChI is InChI=1S/C20H22N2O2/c1-13-2-3-15-9-16(5-4-14(15)8-13)18(23)11-21-19(24)17-10-20(6-7-20)12-22-17/h2-5,8-9,17,22H,6-7,10-12H2,1H3,(H,21,24). The molecule has 1 unspecified atom stereocenters. The summed E-state index contributed by atoms with van der Waals surface area (Å²) in [5, 5.41) is 8.25. The molecule has 1 amide bonds. The number of carbonyl (C=O) groups excluding carboxylic acids is 2. The van der Waals surface area contributed by atoms with Gasteiger partial charge in [-0.05, 0) is 48.4 Å². The first kappa shape index (κ1) is 15.3. The Balaban J connectivity index is 1.39.